The molecule has 22 heavy (non-hydrogen) atoms. The number of nitro benzene ring substituents is 1. The lowest BCUT2D eigenvalue weighted by Gasteiger charge is -2.34. The lowest BCUT2D eigenvalue weighted by atomic mass is 10.1. The van der Waals surface area contributed by atoms with E-state index in [1.54, 1.807) is 6.92 Å². The molecule has 8 nitrogen and oxygen atoms in total. The van der Waals surface area contributed by atoms with E-state index in [9.17, 15) is 19.7 Å². The Morgan fingerprint density at radius 3 is 2.86 bits per heavy atom. The fourth-order valence-electron chi connectivity index (χ4n) is 2.40. The van der Waals surface area contributed by atoms with E-state index >= 15 is 0 Å². The molecule has 1 aromatic carbocycles. The molecule has 0 aliphatic carbocycles. The number of ether oxygens (including phenoxy) is 1. The number of morpholine rings is 1. The van der Waals surface area contributed by atoms with Crippen molar-refractivity contribution in [1.29, 1.82) is 0 Å². The van der Waals surface area contributed by atoms with Gasteiger partial charge in [0, 0.05) is 23.7 Å². The van der Waals surface area contributed by atoms with Gasteiger partial charge in [0.25, 0.3) is 11.6 Å². The first-order valence-electron chi connectivity index (χ1n) is 6.75. The predicted molar refractivity (Wildman–Crippen MR) is 75.7 cm³/mol. The minimum Gasteiger partial charge on any atom is -0.481 e. The molecule has 1 amide bonds. The summed E-state index contributed by atoms with van der Waals surface area (Å²) in [5.41, 5.74) is 0.508. The topological polar surface area (TPSA) is 110 Å². The van der Waals surface area contributed by atoms with E-state index in [0.717, 1.165) is 0 Å². The van der Waals surface area contributed by atoms with Crippen molar-refractivity contribution >= 4 is 17.6 Å². The molecule has 1 aliphatic heterocycles. The molecule has 1 N–H and O–H groups in total. The number of nitro groups is 1. The van der Waals surface area contributed by atoms with Gasteiger partial charge >= 0.3 is 5.97 Å². The zero-order valence-electron chi connectivity index (χ0n) is 12.0. The van der Waals surface area contributed by atoms with Crippen LogP contribution in [0, 0.1) is 17.0 Å². The van der Waals surface area contributed by atoms with Gasteiger partial charge in [0.15, 0.2) is 0 Å². The predicted octanol–water partition coefficient (Wildman–Crippen LogP) is 1.22. The van der Waals surface area contributed by atoms with Gasteiger partial charge in [-0.05, 0) is 13.0 Å². The van der Waals surface area contributed by atoms with Gasteiger partial charge in [-0.15, -0.1) is 0 Å². The highest BCUT2D eigenvalue weighted by molar-refractivity contribution is 5.95. The maximum atomic E-state index is 12.5. The first-order chi connectivity index (χ1) is 10.4. The van der Waals surface area contributed by atoms with Gasteiger partial charge in [-0.1, -0.05) is 6.07 Å². The second-order valence-corrected chi connectivity index (χ2v) is 5.08. The quantitative estimate of drug-likeness (QED) is 0.661. The van der Waals surface area contributed by atoms with E-state index in [4.69, 9.17) is 9.84 Å². The zero-order valence-corrected chi connectivity index (χ0v) is 12.0. The van der Waals surface area contributed by atoms with Crippen LogP contribution in [0.5, 0.6) is 0 Å². The van der Waals surface area contributed by atoms with Crippen molar-refractivity contribution in [2.24, 2.45) is 0 Å². The summed E-state index contributed by atoms with van der Waals surface area (Å²) in [6.45, 7) is 2.31. The molecular formula is C14H16N2O6. The number of aryl methyl sites for hydroxylation is 1. The van der Waals surface area contributed by atoms with Crippen LogP contribution in [0.1, 0.15) is 22.3 Å². The molecule has 1 aliphatic rings. The molecule has 1 heterocycles. The Hall–Kier alpha value is -2.48. The first-order valence-corrected chi connectivity index (χ1v) is 6.75. The van der Waals surface area contributed by atoms with Gasteiger partial charge < -0.3 is 14.7 Å². The molecule has 1 saturated heterocycles. The Kier molecular flexibility index (Phi) is 4.71. The van der Waals surface area contributed by atoms with E-state index in [2.05, 4.69) is 0 Å². The Bertz CT molecular complexity index is 615. The van der Waals surface area contributed by atoms with Crippen LogP contribution >= 0.6 is 0 Å². The van der Waals surface area contributed by atoms with Crippen molar-refractivity contribution in [3.05, 3.63) is 39.4 Å². The number of carboxylic acid groups (broad SMARTS) is 1. The number of nitrogens with zero attached hydrogens (tertiary/aromatic N) is 2. The third-order valence-corrected chi connectivity index (χ3v) is 3.55. The summed E-state index contributed by atoms with van der Waals surface area (Å²) in [4.78, 5) is 35.2. The van der Waals surface area contributed by atoms with Gasteiger partial charge in [-0.25, -0.2) is 0 Å². The summed E-state index contributed by atoms with van der Waals surface area (Å²) in [5.74, 6) is -1.44. The molecule has 1 aromatic rings. The SMILES string of the molecule is Cc1ccc(C(=O)N2CCOCC2CC(=O)O)cc1[N+](=O)[O-]. The fourth-order valence-corrected chi connectivity index (χ4v) is 2.40. The number of amides is 1. The van der Waals surface area contributed by atoms with Crippen LogP contribution in [-0.4, -0.2) is 52.6 Å². The largest absolute Gasteiger partial charge is 0.481 e. The average molecular weight is 308 g/mol. The van der Waals surface area contributed by atoms with Crippen LogP contribution < -0.4 is 0 Å². The molecule has 1 fully saturated rings. The molecule has 118 valence electrons. The van der Waals surface area contributed by atoms with Crippen LogP contribution in [0.4, 0.5) is 5.69 Å². The van der Waals surface area contributed by atoms with Crippen LogP contribution in [0.25, 0.3) is 0 Å². The van der Waals surface area contributed by atoms with E-state index in [1.165, 1.54) is 23.1 Å². The highest BCUT2D eigenvalue weighted by Gasteiger charge is 2.30. The van der Waals surface area contributed by atoms with Gasteiger partial charge in [0.2, 0.25) is 0 Å². The summed E-state index contributed by atoms with van der Waals surface area (Å²) >= 11 is 0. The summed E-state index contributed by atoms with van der Waals surface area (Å²) in [6, 6.07) is 3.68. The third kappa shape index (κ3) is 3.40. The van der Waals surface area contributed by atoms with Crippen LogP contribution in [0.3, 0.4) is 0 Å². The van der Waals surface area contributed by atoms with Crippen LogP contribution in [0.15, 0.2) is 18.2 Å². The lowest BCUT2D eigenvalue weighted by Crippen LogP contribution is -2.49. The van der Waals surface area contributed by atoms with Crippen molar-refractivity contribution in [1.82, 2.24) is 4.90 Å². The van der Waals surface area contributed by atoms with Gasteiger partial charge in [-0.3, -0.25) is 19.7 Å². The molecule has 0 bridgehead atoms. The normalized spacial score (nSPS) is 18.0. The number of carbonyl (C=O) groups excluding carboxylic acids is 1. The number of carbonyl (C=O) groups is 2. The van der Waals surface area contributed by atoms with Crippen molar-refractivity contribution in [3.63, 3.8) is 0 Å². The Balaban J connectivity index is 2.27. The van der Waals surface area contributed by atoms with Gasteiger partial charge in [0.05, 0.1) is 30.6 Å². The van der Waals surface area contributed by atoms with Crippen molar-refractivity contribution in [3.8, 4) is 0 Å². The molecule has 1 atom stereocenters. The maximum Gasteiger partial charge on any atom is 0.305 e. The Labute approximate surface area is 126 Å². The minimum atomic E-state index is -1.02. The van der Waals surface area contributed by atoms with E-state index in [1.807, 2.05) is 0 Å². The highest BCUT2D eigenvalue weighted by Crippen LogP contribution is 2.22. The molecule has 0 aromatic heterocycles. The Morgan fingerprint density at radius 2 is 2.23 bits per heavy atom. The number of rotatable bonds is 4. The van der Waals surface area contributed by atoms with Gasteiger partial charge in [0.1, 0.15) is 0 Å². The summed E-state index contributed by atoms with van der Waals surface area (Å²) < 4.78 is 5.21. The second-order valence-electron chi connectivity index (χ2n) is 5.08. The van der Waals surface area contributed by atoms with Gasteiger partial charge in [-0.2, -0.15) is 0 Å². The molecule has 8 heteroatoms. The molecule has 2 rings (SSSR count). The smallest absolute Gasteiger partial charge is 0.305 e. The van der Waals surface area contributed by atoms with Crippen LogP contribution in [-0.2, 0) is 9.53 Å². The monoisotopic (exact) mass is 308 g/mol. The average Bonchev–Trinajstić information content (AvgIpc) is 2.46. The summed E-state index contributed by atoms with van der Waals surface area (Å²) in [5, 5.41) is 19.9. The van der Waals surface area contributed by atoms with Crippen molar-refractivity contribution < 1.29 is 24.4 Å². The molecule has 1 unspecified atom stereocenters. The van der Waals surface area contributed by atoms with Crippen LogP contribution in [0.2, 0.25) is 0 Å². The maximum absolute atomic E-state index is 12.5. The second kappa shape index (κ2) is 6.52. The van der Waals surface area contributed by atoms with E-state index in [-0.39, 0.29) is 30.8 Å². The number of carboxylic acids is 1. The number of hydrogen-bond donors (Lipinski definition) is 1. The number of hydrogen-bond acceptors (Lipinski definition) is 5. The lowest BCUT2D eigenvalue weighted by molar-refractivity contribution is -0.385. The highest BCUT2D eigenvalue weighted by atomic mass is 16.6. The first kappa shape index (κ1) is 15.9. The zero-order chi connectivity index (χ0) is 16.3. The molecule has 0 spiro atoms. The number of aliphatic carboxylic acids is 1. The fraction of sp³-hybridized carbons (Fsp3) is 0.429. The van der Waals surface area contributed by atoms with E-state index < -0.39 is 22.8 Å². The minimum absolute atomic E-state index is 0.131. The number of benzene rings is 1. The van der Waals surface area contributed by atoms with Crippen molar-refractivity contribution in [2.75, 3.05) is 19.8 Å². The molecule has 0 radical (unpaired) electrons. The summed E-state index contributed by atoms with van der Waals surface area (Å²) in [7, 11) is 0. The van der Waals surface area contributed by atoms with E-state index in [0.29, 0.717) is 12.2 Å². The standard InChI is InChI=1S/C14H16N2O6/c1-9-2-3-10(6-12(9)16(20)21)14(19)15-4-5-22-8-11(15)7-13(17)18/h2-3,6,11H,4-5,7-8H2,1H3,(H,17,18). The van der Waals surface area contributed by atoms with Crippen molar-refractivity contribution in [2.45, 2.75) is 19.4 Å². The molecular weight excluding hydrogens is 292 g/mol. The summed E-state index contributed by atoms with van der Waals surface area (Å²) in [6.07, 6.45) is -0.223. The third-order valence-electron chi connectivity index (χ3n) is 3.55. The Morgan fingerprint density at radius 1 is 1.50 bits per heavy atom. The molecule has 0 saturated carbocycles.